The number of nitrogens with one attached hydrogen (secondary N) is 1. The van der Waals surface area contributed by atoms with Gasteiger partial charge in [-0.05, 0) is 13.8 Å². The SMILES string of the molecule is CC(C)Nc1cnc(N(C)CC(=O)O)c2ccccc12. The van der Waals surface area contributed by atoms with Crippen LogP contribution in [0, 0.1) is 0 Å². The number of nitrogens with zero attached hydrogens (tertiary/aromatic N) is 2. The highest BCUT2D eigenvalue weighted by Gasteiger charge is 2.13. The highest BCUT2D eigenvalue weighted by Crippen LogP contribution is 2.29. The molecule has 1 heterocycles. The molecule has 0 unspecified atom stereocenters. The zero-order chi connectivity index (χ0) is 14.7. The van der Waals surface area contributed by atoms with Crippen LogP contribution in [0.5, 0.6) is 0 Å². The highest BCUT2D eigenvalue weighted by molar-refractivity contribution is 6.00. The number of aliphatic carboxylic acids is 1. The zero-order valence-electron chi connectivity index (χ0n) is 11.9. The summed E-state index contributed by atoms with van der Waals surface area (Å²) in [4.78, 5) is 16.9. The molecule has 0 radical (unpaired) electrons. The predicted octanol–water partition coefficient (Wildman–Crippen LogP) is 2.58. The summed E-state index contributed by atoms with van der Waals surface area (Å²) in [5.74, 6) is -0.194. The van der Waals surface area contributed by atoms with Crippen LogP contribution in [0.4, 0.5) is 11.5 Å². The summed E-state index contributed by atoms with van der Waals surface area (Å²) in [5, 5.41) is 14.3. The first-order valence-corrected chi connectivity index (χ1v) is 6.56. The van der Waals surface area contributed by atoms with Crippen LogP contribution >= 0.6 is 0 Å². The van der Waals surface area contributed by atoms with Crippen LogP contribution in [0.25, 0.3) is 10.8 Å². The van der Waals surface area contributed by atoms with E-state index in [-0.39, 0.29) is 6.54 Å². The Morgan fingerprint density at radius 3 is 2.60 bits per heavy atom. The summed E-state index contributed by atoms with van der Waals surface area (Å²) in [6.07, 6.45) is 1.76. The number of likely N-dealkylation sites (N-methyl/N-ethyl adjacent to an activating group) is 1. The fraction of sp³-hybridized carbons (Fsp3) is 0.333. The predicted molar refractivity (Wildman–Crippen MR) is 81.4 cm³/mol. The van der Waals surface area contributed by atoms with Crippen LogP contribution in [0.2, 0.25) is 0 Å². The first-order valence-electron chi connectivity index (χ1n) is 6.56. The summed E-state index contributed by atoms with van der Waals surface area (Å²) in [7, 11) is 1.73. The molecular formula is C15H19N3O2. The van der Waals surface area contributed by atoms with Gasteiger partial charge in [0.05, 0.1) is 11.9 Å². The van der Waals surface area contributed by atoms with E-state index in [2.05, 4.69) is 24.1 Å². The number of hydrogen-bond donors (Lipinski definition) is 2. The number of rotatable bonds is 5. The van der Waals surface area contributed by atoms with Crippen molar-refractivity contribution in [1.29, 1.82) is 0 Å². The van der Waals surface area contributed by atoms with Gasteiger partial charge in [0.15, 0.2) is 0 Å². The number of pyridine rings is 1. The molecule has 5 heteroatoms. The third-order valence-corrected chi connectivity index (χ3v) is 2.95. The van der Waals surface area contributed by atoms with Crippen molar-refractivity contribution in [2.24, 2.45) is 0 Å². The Bertz CT molecular complexity index is 626. The smallest absolute Gasteiger partial charge is 0.323 e. The van der Waals surface area contributed by atoms with E-state index in [1.54, 1.807) is 18.1 Å². The number of aromatic nitrogens is 1. The summed E-state index contributed by atoms with van der Waals surface area (Å²) in [5.41, 5.74) is 0.961. The van der Waals surface area contributed by atoms with Gasteiger partial charge >= 0.3 is 5.97 Å². The monoisotopic (exact) mass is 273 g/mol. The number of anilines is 2. The average Bonchev–Trinajstić information content (AvgIpc) is 2.37. The molecule has 0 spiro atoms. The van der Waals surface area contributed by atoms with Gasteiger partial charge in [-0.1, -0.05) is 24.3 Å². The van der Waals surface area contributed by atoms with Gasteiger partial charge in [0, 0.05) is 23.9 Å². The molecule has 0 atom stereocenters. The molecule has 0 saturated carbocycles. The van der Waals surface area contributed by atoms with E-state index in [0.29, 0.717) is 11.9 Å². The zero-order valence-corrected chi connectivity index (χ0v) is 11.9. The Morgan fingerprint density at radius 1 is 1.35 bits per heavy atom. The van der Waals surface area contributed by atoms with E-state index in [1.165, 1.54) is 0 Å². The van der Waals surface area contributed by atoms with Crippen LogP contribution in [-0.4, -0.2) is 35.7 Å². The Morgan fingerprint density at radius 2 is 2.00 bits per heavy atom. The van der Waals surface area contributed by atoms with Gasteiger partial charge in [0.1, 0.15) is 12.4 Å². The summed E-state index contributed by atoms with van der Waals surface area (Å²) >= 11 is 0. The lowest BCUT2D eigenvalue weighted by molar-refractivity contribution is -0.135. The molecule has 1 aromatic carbocycles. The normalized spacial score (nSPS) is 10.8. The number of fused-ring (bicyclic) bond motifs is 1. The second-order valence-electron chi connectivity index (χ2n) is 5.09. The molecule has 0 aliphatic carbocycles. The minimum atomic E-state index is -0.872. The minimum Gasteiger partial charge on any atom is -0.480 e. The van der Waals surface area contributed by atoms with Crippen molar-refractivity contribution in [3.8, 4) is 0 Å². The van der Waals surface area contributed by atoms with Crippen LogP contribution in [-0.2, 0) is 4.79 Å². The van der Waals surface area contributed by atoms with Crippen LogP contribution in [0.1, 0.15) is 13.8 Å². The van der Waals surface area contributed by atoms with Crippen LogP contribution in [0.15, 0.2) is 30.5 Å². The fourth-order valence-electron chi connectivity index (χ4n) is 2.19. The van der Waals surface area contributed by atoms with Gasteiger partial charge in [-0.3, -0.25) is 4.79 Å². The Hall–Kier alpha value is -2.30. The van der Waals surface area contributed by atoms with E-state index in [0.717, 1.165) is 16.5 Å². The highest BCUT2D eigenvalue weighted by atomic mass is 16.4. The number of benzene rings is 1. The topological polar surface area (TPSA) is 65.5 Å². The molecular weight excluding hydrogens is 254 g/mol. The lowest BCUT2D eigenvalue weighted by atomic mass is 10.1. The molecule has 0 aliphatic heterocycles. The van der Waals surface area contributed by atoms with Crippen LogP contribution < -0.4 is 10.2 Å². The molecule has 20 heavy (non-hydrogen) atoms. The van der Waals surface area contributed by atoms with Gasteiger partial charge in [0.2, 0.25) is 0 Å². The molecule has 2 aromatic rings. The van der Waals surface area contributed by atoms with E-state index in [4.69, 9.17) is 5.11 Å². The third kappa shape index (κ3) is 2.99. The molecule has 0 fully saturated rings. The van der Waals surface area contributed by atoms with Crippen molar-refractivity contribution in [3.63, 3.8) is 0 Å². The molecule has 0 aliphatic rings. The summed E-state index contributed by atoms with van der Waals surface area (Å²) in [6, 6.07) is 8.18. The standard InChI is InChI=1S/C15H19N3O2/c1-10(2)17-13-8-16-15(18(3)9-14(19)20)12-7-5-4-6-11(12)13/h4-8,10,17H,9H2,1-3H3,(H,19,20). The molecule has 5 nitrogen and oxygen atoms in total. The maximum Gasteiger partial charge on any atom is 0.323 e. The first-order chi connectivity index (χ1) is 9.49. The lowest BCUT2D eigenvalue weighted by Gasteiger charge is -2.20. The Balaban J connectivity index is 2.50. The van der Waals surface area contributed by atoms with Crippen molar-refractivity contribution in [1.82, 2.24) is 4.98 Å². The van der Waals surface area contributed by atoms with Crippen LogP contribution in [0.3, 0.4) is 0 Å². The quantitative estimate of drug-likeness (QED) is 0.876. The number of carboxylic acids is 1. The number of hydrogen-bond acceptors (Lipinski definition) is 4. The lowest BCUT2D eigenvalue weighted by Crippen LogP contribution is -2.26. The average molecular weight is 273 g/mol. The number of carbonyl (C=O) groups is 1. The van der Waals surface area contributed by atoms with Gasteiger partial charge in [0.25, 0.3) is 0 Å². The molecule has 1 aromatic heterocycles. The molecule has 0 bridgehead atoms. The number of carboxylic acid groups (broad SMARTS) is 1. The Kier molecular flexibility index (Phi) is 4.08. The van der Waals surface area contributed by atoms with Gasteiger partial charge < -0.3 is 15.3 Å². The van der Waals surface area contributed by atoms with E-state index in [1.807, 2.05) is 24.3 Å². The minimum absolute atomic E-state index is 0.0754. The third-order valence-electron chi connectivity index (χ3n) is 2.95. The van der Waals surface area contributed by atoms with E-state index < -0.39 is 5.97 Å². The van der Waals surface area contributed by atoms with Crippen molar-refractivity contribution in [3.05, 3.63) is 30.5 Å². The van der Waals surface area contributed by atoms with Crippen molar-refractivity contribution < 1.29 is 9.90 Å². The fourth-order valence-corrected chi connectivity index (χ4v) is 2.19. The molecule has 0 saturated heterocycles. The maximum absolute atomic E-state index is 10.8. The molecule has 2 rings (SSSR count). The van der Waals surface area contributed by atoms with Gasteiger partial charge in [-0.15, -0.1) is 0 Å². The summed E-state index contributed by atoms with van der Waals surface area (Å²) < 4.78 is 0. The van der Waals surface area contributed by atoms with Gasteiger partial charge in [-0.2, -0.15) is 0 Å². The van der Waals surface area contributed by atoms with Crippen molar-refractivity contribution in [2.45, 2.75) is 19.9 Å². The molecule has 106 valence electrons. The largest absolute Gasteiger partial charge is 0.480 e. The summed E-state index contributed by atoms with van der Waals surface area (Å²) in [6.45, 7) is 4.06. The first kappa shape index (κ1) is 14.1. The second kappa shape index (κ2) is 5.77. The maximum atomic E-state index is 10.8. The van der Waals surface area contributed by atoms with E-state index in [9.17, 15) is 4.79 Å². The van der Waals surface area contributed by atoms with Crippen molar-refractivity contribution >= 4 is 28.2 Å². The molecule has 2 N–H and O–H groups in total. The van der Waals surface area contributed by atoms with Gasteiger partial charge in [-0.25, -0.2) is 4.98 Å². The van der Waals surface area contributed by atoms with Crippen molar-refractivity contribution in [2.75, 3.05) is 23.8 Å². The molecule has 0 amide bonds. The second-order valence-corrected chi connectivity index (χ2v) is 5.09. The Labute approximate surface area is 118 Å². The van der Waals surface area contributed by atoms with E-state index >= 15 is 0 Å².